The summed E-state index contributed by atoms with van der Waals surface area (Å²) in [6.07, 6.45) is 1.70. The Morgan fingerprint density at radius 2 is 1.79 bits per heavy atom. The summed E-state index contributed by atoms with van der Waals surface area (Å²) in [5.41, 5.74) is 4.52. The number of amides is 1. The summed E-state index contributed by atoms with van der Waals surface area (Å²) >= 11 is 9.70. The van der Waals surface area contributed by atoms with Gasteiger partial charge in [-0.3, -0.25) is 4.79 Å². The number of piperazine rings is 1. The van der Waals surface area contributed by atoms with Gasteiger partial charge in [0.2, 0.25) is 5.89 Å². The summed E-state index contributed by atoms with van der Waals surface area (Å²) in [5.74, 6) is 1.08. The zero-order chi connectivity index (χ0) is 23.7. The summed E-state index contributed by atoms with van der Waals surface area (Å²) < 4.78 is 7.03. The molecular weight excluding hydrogens is 514 g/mol. The second-order valence-corrected chi connectivity index (χ2v) is 9.65. The highest BCUT2D eigenvalue weighted by Gasteiger charge is 2.26. The van der Waals surface area contributed by atoms with Crippen LogP contribution in [0.1, 0.15) is 15.9 Å². The highest BCUT2D eigenvalue weighted by molar-refractivity contribution is 9.10. The molecule has 1 amide bonds. The molecule has 0 aliphatic carbocycles. The van der Waals surface area contributed by atoms with E-state index in [4.69, 9.17) is 16.0 Å². The fraction of sp³-hybridized carbons (Fsp3) is 0.185. The minimum atomic E-state index is -0.0136. The molecule has 0 unspecified atom stereocenters. The molecule has 2 heterocycles. The Kier molecular flexibility index (Phi) is 6.44. The van der Waals surface area contributed by atoms with Crippen LogP contribution in [0.3, 0.4) is 0 Å². The number of anilines is 1. The van der Waals surface area contributed by atoms with Gasteiger partial charge >= 0.3 is 0 Å². The van der Waals surface area contributed by atoms with E-state index in [2.05, 4.69) is 32.7 Å². The van der Waals surface area contributed by atoms with Gasteiger partial charge in [0.05, 0.1) is 11.8 Å². The first-order chi connectivity index (χ1) is 16.5. The number of carbonyl (C=O) groups excluding carboxylic acids is 1. The normalized spacial score (nSPS) is 13.9. The van der Waals surface area contributed by atoms with E-state index < -0.39 is 0 Å². The van der Waals surface area contributed by atoms with Crippen LogP contribution in [0.15, 0.2) is 81.8 Å². The molecule has 5 rings (SSSR count). The van der Waals surface area contributed by atoms with Crippen LogP contribution >= 0.6 is 27.5 Å². The van der Waals surface area contributed by atoms with Crippen LogP contribution < -0.4 is 4.90 Å². The quantitative estimate of drug-likeness (QED) is 0.291. The van der Waals surface area contributed by atoms with Crippen LogP contribution in [0, 0.1) is 6.92 Å². The molecule has 0 radical (unpaired) electrons. The van der Waals surface area contributed by atoms with Crippen molar-refractivity contribution in [1.29, 1.82) is 0 Å². The van der Waals surface area contributed by atoms with E-state index in [-0.39, 0.29) is 5.91 Å². The molecule has 1 aliphatic heterocycles. The van der Waals surface area contributed by atoms with E-state index in [0.29, 0.717) is 35.9 Å². The van der Waals surface area contributed by atoms with E-state index in [9.17, 15) is 4.79 Å². The topological polar surface area (TPSA) is 49.6 Å². The predicted molar refractivity (Wildman–Crippen MR) is 139 cm³/mol. The Hall–Kier alpha value is -3.09. The standard InChI is InChI=1S/C27H23BrClN3O2/c1-18-9-10-21(29)16-24(18)31-11-13-32(14-12-31)27(33)23-8-3-2-7-22(23)26-30-17-25(34-26)19-5-4-6-20(28)15-19/h2-10,15-17H,11-14H2,1H3. The van der Waals surface area contributed by atoms with E-state index >= 15 is 0 Å². The molecule has 3 aromatic carbocycles. The fourth-order valence-electron chi connectivity index (χ4n) is 4.27. The minimum Gasteiger partial charge on any atom is -0.436 e. The lowest BCUT2D eigenvalue weighted by Crippen LogP contribution is -2.49. The average molecular weight is 537 g/mol. The summed E-state index contributed by atoms with van der Waals surface area (Å²) in [6, 6.07) is 21.3. The van der Waals surface area contributed by atoms with Crippen molar-refractivity contribution in [2.75, 3.05) is 31.1 Å². The maximum Gasteiger partial charge on any atom is 0.254 e. The number of benzene rings is 3. The third kappa shape index (κ3) is 4.61. The second-order valence-electron chi connectivity index (χ2n) is 8.30. The van der Waals surface area contributed by atoms with E-state index in [1.165, 1.54) is 5.56 Å². The first-order valence-electron chi connectivity index (χ1n) is 11.1. The number of nitrogens with zero attached hydrogens (tertiary/aromatic N) is 3. The molecule has 1 saturated heterocycles. The van der Waals surface area contributed by atoms with Crippen molar-refractivity contribution in [2.45, 2.75) is 6.92 Å². The first kappa shape index (κ1) is 22.7. The summed E-state index contributed by atoms with van der Waals surface area (Å²) in [7, 11) is 0. The monoisotopic (exact) mass is 535 g/mol. The summed E-state index contributed by atoms with van der Waals surface area (Å²) in [4.78, 5) is 22.2. The van der Waals surface area contributed by atoms with E-state index in [0.717, 1.165) is 33.8 Å². The van der Waals surface area contributed by atoms with Crippen molar-refractivity contribution in [1.82, 2.24) is 9.88 Å². The van der Waals surface area contributed by atoms with Crippen LogP contribution in [0.5, 0.6) is 0 Å². The van der Waals surface area contributed by atoms with Crippen LogP contribution in [0.2, 0.25) is 5.02 Å². The smallest absolute Gasteiger partial charge is 0.254 e. The number of hydrogen-bond donors (Lipinski definition) is 0. The molecule has 4 aromatic rings. The first-order valence-corrected chi connectivity index (χ1v) is 12.3. The molecule has 7 heteroatoms. The molecule has 1 fully saturated rings. The number of oxazole rings is 1. The Balaban J connectivity index is 1.35. The van der Waals surface area contributed by atoms with Gasteiger partial charge in [-0.2, -0.15) is 0 Å². The predicted octanol–water partition coefficient (Wildman–Crippen LogP) is 6.70. The molecule has 1 aromatic heterocycles. The van der Waals surface area contributed by atoms with Crippen molar-refractivity contribution in [3.05, 3.63) is 93.5 Å². The Morgan fingerprint density at radius 1 is 1.00 bits per heavy atom. The fourth-order valence-corrected chi connectivity index (χ4v) is 4.84. The SMILES string of the molecule is Cc1ccc(Cl)cc1N1CCN(C(=O)c2ccccc2-c2ncc(-c3cccc(Br)c3)o2)CC1. The van der Waals surface area contributed by atoms with Crippen molar-refractivity contribution in [3.8, 4) is 22.8 Å². The third-order valence-corrected chi connectivity index (χ3v) is 6.81. The van der Waals surface area contributed by atoms with Crippen molar-refractivity contribution in [3.63, 3.8) is 0 Å². The number of carbonyl (C=O) groups is 1. The van der Waals surface area contributed by atoms with Gasteiger partial charge in [0.15, 0.2) is 5.76 Å². The highest BCUT2D eigenvalue weighted by atomic mass is 79.9. The van der Waals surface area contributed by atoms with Crippen molar-refractivity contribution in [2.24, 2.45) is 0 Å². The lowest BCUT2D eigenvalue weighted by molar-refractivity contribution is 0.0747. The van der Waals surface area contributed by atoms with Gasteiger partial charge in [-0.05, 0) is 48.9 Å². The second kappa shape index (κ2) is 9.65. The van der Waals surface area contributed by atoms with Gasteiger partial charge in [0.25, 0.3) is 5.91 Å². The number of halogens is 2. The van der Waals surface area contributed by atoms with Gasteiger partial charge in [-0.25, -0.2) is 4.98 Å². The largest absolute Gasteiger partial charge is 0.436 e. The van der Waals surface area contributed by atoms with Gasteiger partial charge in [0.1, 0.15) is 0 Å². The third-order valence-electron chi connectivity index (χ3n) is 6.08. The lowest BCUT2D eigenvalue weighted by Gasteiger charge is -2.37. The van der Waals surface area contributed by atoms with Crippen LogP contribution in [0.25, 0.3) is 22.8 Å². The number of aryl methyl sites for hydroxylation is 1. The van der Waals surface area contributed by atoms with Crippen molar-refractivity contribution < 1.29 is 9.21 Å². The molecule has 1 aliphatic rings. The molecule has 0 N–H and O–H groups in total. The van der Waals surface area contributed by atoms with Crippen LogP contribution in [-0.4, -0.2) is 42.0 Å². The zero-order valence-electron chi connectivity index (χ0n) is 18.7. The number of rotatable bonds is 4. The number of aromatic nitrogens is 1. The minimum absolute atomic E-state index is 0.0136. The van der Waals surface area contributed by atoms with E-state index in [1.54, 1.807) is 6.20 Å². The Bertz CT molecular complexity index is 1350. The Morgan fingerprint density at radius 3 is 2.59 bits per heavy atom. The molecule has 172 valence electrons. The van der Waals surface area contributed by atoms with Gasteiger partial charge < -0.3 is 14.2 Å². The van der Waals surface area contributed by atoms with Crippen molar-refractivity contribution >= 4 is 39.1 Å². The number of hydrogen-bond acceptors (Lipinski definition) is 4. The Labute approximate surface area is 212 Å². The van der Waals surface area contributed by atoms with Gasteiger partial charge in [-0.1, -0.05) is 57.9 Å². The molecule has 0 atom stereocenters. The maximum atomic E-state index is 13.5. The zero-order valence-corrected chi connectivity index (χ0v) is 21.0. The highest BCUT2D eigenvalue weighted by Crippen LogP contribution is 2.31. The molecule has 0 saturated carbocycles. The lowest BCUT2D eigenvalue weighted by atomic mass is 10.1. The van der Waals surface area contributed by atoms with Gasteiger partial charge in [0, 0.05) is 52.5 Å². The summed E-state index contributed by atoms with van der Waals surface area (Å²) in [6.45, 7) is 4.85. The van der Waals surface area contributed by atoms with E-state index in [1.807, 2.05) is 71.6 Å². The average Bonchev–Trinajstić information content (AvgIpc) is 3.36. The summed E-state index contributed by atoms with van der Waals surface area (Å²) in [5, 5.41) is 0.723. The van der Waals surface area contributed by atoms with Crippen LogP contribution in [0.4, 0.5) is 5.69 Å². The molecule has 0 bridgehead atoms. The van der Waals surface area contributed by atoms with Gasteiger partial charge in [-0.15, -0.1) is 0 Å². The van der Waals surface area contributed by atoms with Crippen LogP contribution in [-0.2, 0) is 0 Å². The maximum absolute atomic E-state index is 13.5. The molecule has 0 spiro atoms. The molecular formula is C27H23BrClN3O2. The molecule has 34 heavy (non-hydrogen) atoms. The molecule has 5 nitrogen and oxygen atoms in total.